The number of hydrogen-bond acceptors (Lipinski definition) is 3. The van der Waals surface area contributed by atoms with Crippen molar-refractivity contribution in [1.82, 2.24) is 15.5 Å². The summed E-state index contributed by atoms with van der Waals surface area (Å²) in [4.78, 5) is 24.0. The van der Waals surface area contributed by atoms with Gasteiger partial charge in [0.1, 0.15) is 6.42 Å². The SMILES string of the molecule is CN(C)C(=O)CC(=O)NCC1CCCN1. The molecule has 1 saturated heterocycles. The molecule has 0 bridgehead atoms. The van der Waals surface area contributed by atoms with Crippen LogP contribution in [0.1, 0.15) is 19.3 Å². The van der Waals surface area contributed by atoms with Gasteiger partial charge in [0, 0.05) is 26.7 Å². The summed E-state index contributed by atoms with van der Waals surface area (Å²) >= 11 is 0. The summed E-state index contributed by atoms with van der Waals surface area (Å²) < 4.78 is 0. The molecule has 1 aliphatic rings. The van der Waals surface area contributed by atoms with E-state index in [1.54, 1.807) is 14.1 Å². The summed E-state index contributed by atoms with van der Waals surface area (Å²) in [6, 6.07) is 0.378. The third kappa shape index (κ3) is 4.29. The van der Waals surface area contributed by atoms with E-state index in [-0.39, 0.29) is 18.2 Å². The minimum absolute atomic E-state index is 0.0558. The highest BCUT2D eigenvalue weighted by Crippen LogP contribution is 2.03. The first-order chi connectivity index (χ1) is 7.09. The van der Waals surface area contributed by atoms with Gasteiger partial charge in [-0.1, -0.05) is 0 Å². The van der Waals surface area contributed by atoms with Crippen LogP contribution in [-0.4, -0.2) is 49.9 Å². The van der Waals surface area contributed by atoms with Crippen LogP contribution in [0, 0.1) is 0 Å². The second-order valence-electron chi connectivity index (χ2n) is 4.06. The highest BCUT2D eigenvalue weighted by molar-refractivity contribution is 5.96. The molecular weight excluding hydrogens is 194 g/mol. The molecule has 86 valence electrons. The Labute approximate surface area is 90.2 Å². The number of amides is 2. The predicted molar refractivity (Wildman–Crippen MR) is 57.3 cm³/mol. The summed E-state index contributed by atoms with van der Waals surface area (Å²) in [5.74, 6) is -0.353. The van der Waals surface area contributed by atoms with E-state index >= 15 is 0 Å². The van der Waals surface area contributed by atoms with E-state index in [2.05, 4.69) is 10.6 Å². The maximum Gasteiger partial charge on any atom is 0.231 e. The molecule has 0 aromatic heterocycles. The molecule has 0 aliphatic carbocycles. The van der Waals surface area contributed by atoms with E-state index in [0.29, 0.717) is 12.6 Å². The molecule has 0 aromatic carbocycles. The average Bonchev–Trinajstić information content (AvgIpc) is 2.66. The van der Waals surface area contributed by atoms with Crippen molar-refractivity contribution in [3.8, 4) is 0 Å². The number of hydrogen-bond donors (Lipinski definition) is 2. The molecule has 0 aromatic rings. The molecule has 15 heavy (non-hydrogen) atoms. The fourth-order valence-corrected chi connectivity index (χ4v) is 1.53. The Morgan fingerprint density at radius 3 is 2.73 bits per heavy atom. The third-order valence-electron chi connectivity index (χ3n) is 2.52. The maximum absolute atomic E-state index is 11.3. The zero-order valence-electron chi connectivity index (χ0n) is 9.38. The largest absolute Gasteiger partial charge is 0.354 e. The van der Waals surface area contributed by atoms with Crippen LogP contribution in [0.25, 0.3) is 0 Å². The van der Waals surface area contributed by atoms with Gasteiger partial charge in [-0.15, -0.1) is 0 Å². The molecule has 2 N–H and O–H groups in total. The van der Waals surface area contributed by atoms with Crippen LogP contribution >= 0.6 is 0 Å². The van der Waals surface area contributed by atoms with Gasteiger partial charge in [-0.05, 0) is 19.4 Å². The lowest BCUT2D eigenvalue weighted by Gasteiger charge is -2.13. The lowest BCUT2D eigenvalue weighted by Crippen LogP contribution is -2.39. The van der Waals surface area contributed by atoms with E-state index in [9.17, 15) is 9.59 Å². The molecule has 1 unspecified atom stereocenters. The summed E-state index contributed by atoms with van der Waals surface area (Å²) in [5, 5.41) is 6.04. The molecule has 0 spiro atoms. The van der Waals surface area contributed by atoms with E-state index in [0.717, 1.165) is 19.4 Å². The van der Waals surface area contributed by atoms with E-state index < -0.39 is 0 Å². The molecule has 1 heterocycles. The predicted octanol–water partition coefficient (Wildman–Crippen LogP) is -0.667. The van der Waals surface area contributed by atoms with Crippen molar-refractivity contribution in [2.45, 2.75) is 25.3 Å². The van der Waals surface area contributed by atoms with Gasteiger partial charge in [0.25, 0.3) is 0 Å². The Morgan fingerprint density at radius 1 is 1.47 bits per heavy atom. The van der Waals surface area contributed by atoms with E-state index in [1.807, 2.05) is 0 Å². The Hall–Kier alpha value is -1.10. The minimum atomic E-state index is -0.192. The molecule has 2 amide bonds. The molecule has 5 nitrogen and oxygen atoms in total. The number of carbonyl (C=O) groups excluding carboxylic acids is 2. The fraction of sp³-hybridized carbons (Fsp3) is 0.800. The van der Waals surface area contributed by atoms with E-state index in [4.69, 9.17) is 0 Å². The van der Waals surface area contributed by atoms with Crippen molar-refractivity contribution in [2.24, 2.45) is 0 Å². The Morgan fingerprint density at radius 2 is 2.20 bits per heavy atom. The van der Waals surface area contributed by atoms with Crippen molar-refractivity contribution in [3.63, 3.8) is 0 Å². The smallest absolute Gasteiger partial charge is 0.231 e. The molecule has 1 rings (SSSR count). The standard InChI is InChI=1S/C10H19N3O2/c1-13(2)10(15)6-9(14)12-7-8-4-3-5-11-8/h8,11H,3-7H2,1-2H3,(H,12,14). The van der Waals surface area contributed by atoms with Crippen LogP contribution in [0.2, 0.25) is 0 Å². The first-order valence-corrected chi connectivity index (χ1v) is 5.30. The maximum atomic E-state index is 11.3. The normalized spacial score (nSPS) is 20.0. The highest BCUT2D eigenvalue weighted by atomic mass is 16.2. The van der Waals surface area contributed by atoms with Gasteiger partial charge < -0.3 is 15.5 Å². The van der Waals surface area contributed by atoms with Gasteiger partial charge in [0.15, 0.2) is 0 Å². The lowest BCUT2D eigenvalue weighted by atomic mass is 10.2. The second kappa shape index (κ2) is 5.70. The summed E-state index contributed by atoms with van der Waals surface area (Å²) in [6.45, 7) is 1.65. The van der Waals surface area contributed by atoms with Crippen molar-refractivity contribution in [2.75, 3.05) is 27.2 Å². The molecule has 0 radical (unpaired) electrons. The first kappa shape index (κ1) is 12.0. The third-order valence-corrected chi connectivity index (χ3v) is 2.52. The Kier molecular flexibility index (Phi) is 4.55. The summed E-state index contributed by atoms with van der Waals surface area (Å²) in [5.41, 5.74) is 0. The number of rotatable bonds is 4. The summed E-state index contributed by atoms with van der Waals surface area (Å²) in [6.07, 6.45) is 2.21. The Bertz CT molecular complexity index is 235. The quantitative estimate of drug-likeness (QED) is 0.609. The van der Waals surface area contributed by atoms with Crippen LogP contribution in [0.3, 0.4) is 0 Å². The van der Waals surface area contributed by atoms with Gasteiger partial charge in [-0.3, -0.25) is 9.59 Å². The molecule has 1 aliphatic heterocycles. The van der Waals surface area contributed by atoms with Gasteiger partial charge in [0.05, 0.1) is 0 Å². The molecule has 0 saturated carbocycles. The van der Waals surface area contributed by atoms with Gasteiger partial charge >= 0.3 is 0 Å². The zero-order chi connectivity index (χ0) is 11.3. The van der Waals surface area contributed by atoms with Crippen molar-refractivity contribution in [3.05, 3.63) is 0 Å². The minimum Gasteiger partial charge on any atom is -0.354 e. The van der Waals surface area contributed by atoms with Gasteiger partial charge in [-0.25, -0.2) is 0 Å². The van der Waals surface area contributed by atoms with Gasteiger partial charge in [0.2, 0.25) is 11.8 Å². The summed E-state index contributed by atoms with van der Waals surface area (Å²) in [7, 11) is 3.29. The molecule has 5 heteroatoms. The van der Waals surface area contributed by atoms with Crippen LogP contribution in [0.5, 0.6) is 0 Å². The topological polar surface area (TPSA) is 61.4 Å². The van der Waals surface area contributed by atoms with Crippen LogP contribution in [0.4, 0.5) is 0 Å². The van der Waals surface area contributed by atoms with Crippen molar-refractivity contribution in [1.29, 1.82) is 0 Å². The first-order valence-electron chi connectivity index (χ1n) is 5.30. The molecular formula is C10H19N3O2. The zero-order valence-corrected chi connectivity index (χ0v) is 9.38. The lowest BCUT2D eigenvalue weighted by molar-refractivity contribution is -0.134. The fourth-order valence-electron chi connectivity index (χ4n) is 1.53. The number of nitrogens with zero attached hydrogens (tertiary/aromatic N) is 1. The van der Waals surface area contributed by atoms with Crippen molar-refractivity contribution < 1.29 is 9.59 Å². The van der Waals surface area contributed by atoms with E-state index in [1.165, 1.54) is 4.90 Å². The second-order valence-corrected chi connectivity index (χ2v) is 4.06. The van der Waals surface area contributed by atoms with Gasteiger partial charge in [-0.2, -0.15) is 0 Å². The van der Waals surface area contributed by atoms with Crippen molar-refractivity contribution >= 4 is 11.8 Å². The van der Waals surface area contributed by atoms with Crippen LogP contribution in [-0.2, 0) is 9.59 Å². The van der Waals surface area contributed by atoms with Crippen LogP contribution < -0.4 is 10.6 Å². The average molecular weight is 213 g/mol. The molecule has 1 fully saturated rings. The number of carbonyl (C=O) groups is 2. The highest BCUT2D eigenvalue weighted by Gasteiger charge is 2.16. The van der Waals surface area contributed by atoms with Crippen LogP contribution in [0.15, 0.2) is 0 Å². The number of nitrogens with one attached hydrogen (secondary N) is 2. The monoisotopic (exact) mass is 213 g/mol. The molecule has 1 atom stereocenters. The Balaban J connectivity index is 2.15.